The van der Waals surface area contributed by atoms with E-state index in [1.165, 1.54) is 7.11 Å². The van der Waals surface area contributed by atoms with Crippen molar-refractivity contribution in [1.29, 1.82) is 0 Å². The summed E-state index contributed by atoms with van der Waals surface area (Å²) in [5, 5.41) is 1.04. The van der Waals surface area contributed by atoms with Crippen LogP contribution >= 0.6 is 15.9 Å². The van der Waals surface area contributed by atoms with Gasteiger partial charge in [-0.05, 0) is 30.3 Å². The number of carbonyl (C=O) groups excluding carboxylic acids is 2. The molecule has 6 nitrogen and oxygen atoms in total. The highest BCUT2D eigenvalue weighted by Crippen LogP contribution is 2.20. The minimum atomic E-state index is -0.482. The molecule has 3 aromatic rings. The van der Waals surface area contributed by atoms with Crippen molar-refractivity contribution in [2.45, 2.75) is 5.92 Å². The van der Waals surface area contributed by atoms with Gasteiger partial charge < -0.3 is 9.47 Å². The van der Waals surface area contributed by atoms with Crippen LogP contribution in [0.3, 0.4) is 0 Å². The lowest BCUT2D eigenvalue weighted by molar-refractivity contribution is -0.143. The number of amides is 1. The van der Waals surface area contributed by atoms with Gasteiger partial charge in [-0.1, -0.05) is 40.2 Å². The predicted octanol–water partition coefficient (Wildman–Crippen LogP) is 4.16. The van der Waals surface area contributed by atoms with Crippen molar-refractivity contribution >= 4 is 44.9 Å². The Kier molecular flexibility index (Phi) is 6.85. The molecule has 1 aliphatic rings. The molecule has 0 spiro atoms. The van der Waals surface area contributed by atoms with Crippen LogP contribution < -0.4 is 0 Å². The summed E-state index contributed by atoms with van der Waals surface area (Å²) in [5.41, 5.74) is 3.11. The van der Waals surface area contributed by atoms with Gasteiger partial charge in [0, 0.05) is 28.7 Å². The topological polar surface area (TPSA) is 77.9 Å². The van der Waals surface area contributed by atoms with Crippen molar-refractivity contribution in [3.05, 3.63) is 75.9 Å². The number of ether oxygens (including phenoxy) is 2. The number of nitrogens with zero attached hydrogens (tertiary/aromatic N) is 2. The maximum absolute atomic E-state index is 11.7. The van der Waals surface area contributed by atoms with Gasteiger partial charge in [0.2, 0.25) is 0 Å². The first-order valence-electron chi connectivity index (χ1n) is 8.84. The molecule has 0 bridgehead atoms. The smallest absolute Gasteiger partial charge is 0.317 e. The van der Waals surface area contributed by atoms with E-state index < -0.39 is 5.92 Å². The Morgan fingerprint density at radius 3 is 2.66 bits per heavy atom. The average molecular weight is 455 g/mol. The third-order valence-electron chi connectivity index (χ3n) is 4.36. The monoisotopic (exact) mass is 454 g/mol. The van der Waals surface area contributed by atoms with E-state index in [4.69, 9.17) is 9.47 Å². The van der Waals surface area contributed by atoms with Crippen LogP contribution in [0.25, 0.3) is 10.9 Å². The number of methoxy groups -OCH3 is 2. The van der Waals surface area contributed by atoms with E-state index in [-0.39, 0.29) is 18.5 Å². The van der Waals surface area contributed by atoms with Gasteiger partial charge in [-0.25, -0.2) is 4.99 Å². The van der Waals surface area contributed by atoms with Crippen molar-refractivity contribution in [1.82, 2.24) is 4.98 Å². The van der Waals surface area contributed by atoms with Crippen molar-refractivity contribution in [3.8, 4) is 0 Å². The lowest BCUT2D eigenvalue weighted by atomic mass is 10.0. The van der Waals surface area contributed by atoms with E-state index in [0.717, 1.165) is 20.9 Å². The number of rotatable bonds is 4. The molecular weight excluding hydrogens is 436 g/mol. The lowest BCUT2D eigenvalue weighted by Gasteiger charge is -2.13. The summed E-state index contributed by atoms with van der Waals surface area (Å²) in [6.45, 7) is 0.262. The number of hydrogen-bond donors (Lipinski definition) is 0. The second-order valence-electron chi connectivity index (χ2n) is 6.25. The Hall–Kier alpha value is -2.90. The molecule has 148 valence electrons. The summed E-state index contributed by atoms with van der Waals surface area (Å²) in [7, 11) is 2.92. The molecule has 0 saturated heterocycles. The zero-order chi connectivity index (χ0) is 20.8. The quantitative estimate of drug-likeness (QED) is 0.553. The first-order valence-corrected chi connectivity index (χ1v) is 9.63. The van der Waals surface area contributed by atoms with Crippen LogP contribution in [-0.4, -0.2) is 43.9 Å². The minimum Gasteiger partial charge on any atom is -0.468 e. The summed E-state index contributed by atoms with van der Waals surface area (Å²) >= 11 is 3.31. The summed E-state index contributed by atoms with van der Waals surface area (Å²) in [5.74, 6) is -0.961. The highest BCUT2D eigenvalue weighted by molar-refractivity contribution is 9.10. The SMILES string of the molecule is COCC(C(=O)OC)c1ccc2ccccc2n1.O=C1N=Cc2cc(Br)ccc21. The zero-order valence-electron chi connectivity index (χ0n) is 16.0. The number of pyridine rings is 1. The maximum atomic E-state index is 11.7. The van der Waals surface area contributed by atoms with E-state index in [1.807, 2.05) is 48.5 Å². The molecule has 0 fully saturated rings. The van der Waals surface area contributed by atoms with E-state index in [0.29, 0.717) is 11.3 Å². The third kappa shape index (κ3) is 4.93. The molecule has 2 aromatic carbocycles. The second-order valence-corrected chi connectivity index (χ2v) is 7.17. The molecule has 2 heterocycles. The Morgan fingerprint density at radius 2 is 1.90 bits per heavy atom. The fourth-order valence-corrected chi connectivity index (χ4v) is 3.27. The van der Waals surface area contributed by atoms with Crippen molar-refractivity contribution in [2.75, 3.05) is 20.8 Å². The molecule has 1 aliphatic heterocycles. The van der Waals surface area contributed by atoms with Gasteiger partial charge >= 0.3 is 5.97 Å². The molecule has 1 aromatic heterocycles. The fraction of sp³-hybridized carbons (Fsp3) is 0.182. The molecule has 1 amide bonds. The molecule has 1 unspecified atom stereocenters. The van der Waals surface area contributed by atoms with Crippen LogP contribution in [0.5, 0.6) is 0 Å². The summed E-state index contributed by atoms with van der Waals surface area (Å²) in [4.78, 5) is 30.8. The Balaban J connectivity index is 0.000000186. The number of esters is 1. The number of hydrogen-bond acceptors (Lipinski definition) is 5. The van der Waals surface area contributed by atoms with Gasteiger partial charge in [-0.15, -0.1) is 0 Å². The molecule has 1 atom stereocenters. The van der Waals surface area contributed by atoms with Gasteiger partial charge in [0.25, 0.3) is 5.91 Å². The minimum absolute atomic E-state index is 0.146. The summed E-state index contributed by atoms with van der Waals surface area (Å²) in [6.07, 6.45) is 1.59. The summed E-state index contributed by atoms with van der Waals surface area (Å²) < 4.78 is 10.8. The van der Waals surface area contributed by atoms with Crippen molar-refractivity contribution in [3.63, 3.8) is 0 Å². The third-order valence-corrected chi connectivity index (χ3v) is 4.85. The number of aliphatic imine (C=N–C) groups is 1. The number of fused-ring (bicyclic) bond motifs is 2. The molecule has 0 saturated carbocycles. The number of carbonyl (C=O) groups is 2. The Morgan fingerprint density at radius 1 is 1.10 bits per heavy atom. The molecule has 0 aliphatic carbocycles. The van der Waals surface area contributed by atoms with Crippen LogP contribution in [0.15, 0.2) is 64.1 Å². The standard InChI is InChI=1S/C14H15NO3.C8H4BrNO/c1-17-9-11(14(16)18-2)13-8-7-10-5-3-4-6-12(10)15-13;9-6-1-2-7-5(3-6)4-10-8(7)11/h3-8,11H,9H2,1-2H3;1-4H. The number of halogens is 1. The molecular formula is C22H19BrN2O4. The van der Waals surface area contributed by atoms with Gasteiger partial charge in [0.05, 0.1) is 30.5 Å². The van der Waals surface area contributed by atoms with E-state index in [9.17, 15) is 9.59 Å². The molecule has 7 heteroatoms. The number of benzene rings is 2. The van der Waals surface area contributed by atoms with Gasteiger partial charge in [-0.2, -0.15) is 0 Å². The maximum Gasteiger partial charge on any atom is 0.317 e. The Labute approximate surface area is 176 Å². The zero-order valence-corrected chi connectivity index (χ0v) is 17.5. The first-order chi connectivity index (χ1) is 14.0. The normalized spacial score (nSPS) is 12.9. The van der Waals surface area contributed by atoms with Crippen molar-refractivity contribution < 1.29 is 19.1 Å². The molecule has 29 heavy (non-hydrogen) atoms. The van der Waals surface area contributed by atoms with E-state index in [2.05, 4.69) is 25.9 Å². The van der Waals surface area contributed by atoms with E-state index in [1.54, 1.807) is 19.4 Å². The van der Waals surface area contributed by atoms with Crippen LogP contribution in [0, 0.1) is 0 Å². The fourth-order valence-electron chi connectivity index (χ4n) is 2.89. The number of para-hydroxylation sites is 1. The number of aromatic nitrogens is 1. The Bertz CT molecular complexity index is 1080. The van der Waals surface area contributed by atoms with Crippen LogP contribution in [0.1, 0.15) is 27.5 Å². The predicted molar refractivity (Wildman–Crippen MR) is 114 cm³/mol. The van der Waals surface area contributed by atoms with Crippen LogP contribution in [0.2, 0.25) is 0 Å². The van der Waals surface area contributed by atoms with Crippen LogP contribution in [0.4, 0.5) is 0 Å². The second kappa shape index (κ2) is 9.54. The van der Waals surface area contributed by atoms with Gasteiger partial charge in [0.15, 0.2) is 0 Å². The first kappa shape index (κ1) is 20.8. The van der Waals surface area contributed by atoms with Crippen LogP contribution in [-0.2, 0) is 14.3 Å². The van der Waals surface area contributed by atoms with E-state index >= 15 is 0 Å². The average Bonchev–Trinajstić information content (AvgIpc) is 3.11. The molecule has 0 N–H and O–H groups in total. The summed E-state index contributed by atoms with van der Waals surface area (Å²) in [6, 6.07) is 17.0. The highest BCUT2D eigenvalue weighted by atomic mass is 79.9. The highest BCUT2D eigenvalue weighted by Gasteiger charge is 2.23. The largest absolute Gasteiger partial charge is 0.468 e. The van der Waals surface area contributed by atoms with Gasteiger partial charge in [-0.3, -0.25) is 14.6 Å². The van der Waals surface area contributed by atoms with Gasteiger partial charge in [0.1, 0.15) is 5.92 Å². The lowest BCUT2D eigenvalue weighted by Crippen LogP contribution is -2.20. The van der Waals surface area contributed by atoms with Crippen molar-refractivity contribution in [2.24, 2.45) is 4.99 Å². The molecule has 4 rings (SSSR count). The molecule has 0 radical (unpaired) electrons.